The monoisotopic (exact) mass is 479 g/mol. The van der Waals surface area contributed by atoms with Gasteiger partial charge in [-0.2, -0.15) is 0 Å². The summed E-state index contributed by atoms with van der Waals surface area (Å²) in [5.74, 6) is -0.207. The Bertz CT molecular complexity index is 1010. The molecule has 0 amide bonds. The summed E-state index contributed by atoms with van der Waals surface area (Å²) in [6.45, 7) is 1.97. The number of carboxylic acids is 1. The molecule has 0 aliphatic carbocycles. The van der Waals surface area contributed by atoms with E-state index in [9.17, 15) is 9.90 Å². The first-order valence-electron chi connectivity index (χ1n) is 10.6. The first kappa shape index (κ1) is 21.6. The van der Waals surface area contributed by atoms with Crippen LogP contribution in [0.5, 0.6) is 5.75 Å². The number of rotatable bonds is 7. The van der Waals surface area contributed by atoms with Gasteiger partial charge in [0, 0.05) is 11.0 Å². The molecule has 3 aromatic carbocycles. The second-order valence-electron chi connectivity index (χ2n) is 7.97. The molecule has 4 nitrogen and oxygen atoms in total. The molecule has 0 radical (unpaired) electrons. The van der Waals surface area contributed by atoms with Crippen molar-refractivity contribution >= 4 is 21.9 Å². The Kier molecular flexibility index (Phi) is 7.05. The highest BCUT2D eigenvalue weighted by Gasteiger charge is 2.31. The van der Waals surface area contributed by atoms with Crippen LogP contribution in [0.4, 0.5) is 0 Å². The highest BCUT2D eigenvalue weighted by molar-refractivity contribution is 9.10. The van der Waals surface area contributed by atoms with Gasteiger partial charge in [-0.3, -0.25) is 9.69 Å². The van der Waals surface area contributed by atoms with E-state index in [4.69, 9.17) is 4.74 Å². The fourth-order valence-electron chi connectivity index (χ4n) is 4.22. The van der Waals surface area contributed by atoms with E-state index in [0.29, 0.717) is 13.2 Å². The number of carboxylic acid groups (broad SMARTS) is 1. The number of ether oxygens (including phenoxy) is 1. The predicted octanol–water partition coefficient (Wildman–Crippen LogP) is 5.91. The Hall–Kier alpha value is -2.63. The Balaban J connectivity index is 1.57. The lowest BCUT2D eigenvalue weighted by molar-refractivity contribution is -0.143. The van der Waals surface area contributed by atoms with E-state index in [1.807, 2.05) is 54.6 Å². The fraction of sp³-hybridized carbons (Fsp3) is 0.269. The number of halogens is 1. The van der Waals surface area contributed by atoms with E-state index in [2.05, 4.69) is 45.1 Å². The highest BCUT2D eigenvalue weighted by atomic mass is 79.9. The Morgan fingerprint density at radius 3 is 2.52 bits per heavy atom. The minimum absolute atomic E-state index is 0.00261. The molecule has 3 aromatic rings. The first-order valence-corrected chi connectivity index (χ1v) is 11.4. The molecule has 0 aromatic heterocycles. The van der Waals surface area contributed by atoms with Crippen molar-refractivity contribution in [1.82, 2.24) is 4.90 Å². The maximum Gasteiger partial charge on any atom is 0.307 e. The van der Waals surface area contributed by atoms with Gasteiger partial charge >= 0.3 is 5.97 Å². The van der Waals surface area contributed by atoms with Crippen LogP contribution in [0.25, 0.3) is 0 Å². The Morgan fingerprint density at radius 2 is 1.81 bits per heavy atom. The van der Waals surface area contributed by atoms with E-state index in [0.717, 1.165) is 46.3 Å². The number of hydrogen-bond acceptors (Lipinski definition) is 3. The lowest BCUT2D eigenvalue weighted by Crippen LogP contribution is -2.41. The summed E-state index contributed by atoms with van der Waals surface area (Å²) in [6.07, 6.45) is 1.63. The van der Waals surface area contributed by atoms with Gasteiger partial charge in [0.15, 0.2) is 0 Å². The lowest BCUT2D eigenvalue weighted by atomic mass is 9.91. The van der Waals surface area contributed by atoms with Crippen LogP contribution in [0.3, 0.4) is 0 Å². The molecule has 31 heavy (non-hydrogen) atoms. The van der Waals surface area contributed by atoms with Crippen molar-refractivity contribution < 1.29 is 14.6 Å². The first-order chi connectivity index (χ1) is 15.1. The third-order valence-electron chi connectivity index (χ3n) is 5.78. The number of benzene rings is 3. The number of nitrogens with zero attached hydrogens (tertiary/aromatic N) is 1. The molecule has 5 heteroatoms. The zero-order valence-electron chi connectivity index (χ0n) is 17.3. The average molecular weight is 480 g/mol. The average Bonchev–Trinajstić information content (AvgIpc) is 2.80. The molecule has 1 aliphatic heterocycles. The van der Waals surface area contributed by atoms with Crippen LogP contribution in [0.15, 0.2) is 83.3 Å². The molecule has 1 N–H and O–H groups in total. The van der Waals surface area contributed by atoms with Gasteiger partial charge in [0.2, 0.25) is 0 Å². The quantitative estimate of drug-likeness (QED) is 0.457. The standard InChI is InChI=1S/C26H26BrNO3/c27-23-10-4-8-21(16-23)25(28-15-5-9-22(17-28)26(29)30)20-11-13-24(14-12-20)31-18-19-6-2-1-3-7-19/h1-4,6-8,10-14,16,22,25H,5,9,15,17-18H2,(H,29,30). The summed E-state index contributed by atoms with van der Waals surface area (Å²) >= 11 is 3.58. The molecule has 2 unspecified atom stereocenters. The normalized spacial score (nSPS) is 17.8. The summed E-state index contributed by atoms with van der Waals surface area (Å²) < 4.78 is 6.96. The summed E-state index contributed by atoms with van der Waals surface area (Å²) in [5.41, 5.74) is 3.42. The summed E-state index contributed by atoms with van der Waals surface area (Å²) in [4.78, 5) is 13.9. The molecule has 1 fully saturated rings. The third-order valence-corrected chi connectivity index (χ3v) is 6.27. The second-order valence-corrected chi connectivity index (χ2v) is 8.89. The van der Waals surface area contributed by atoms with Gasteiger partial charge in [0.05, 0.1) is 12.0 Å². The molecule has 1 aliphatic rings. The van der Waals surface area contributed by atoms with Crippen LogP contribution in [0.1, 0.15) is 35.6 Å². The van der Waals surface area contributed by atoms with Gasteiger partial charge in [0.25, 0.3) is 0 Å². The van der Waals surface area contributed by atoms with Gasteiger partial charge in [-0.25, -0.2) is 0 Å². The number of likely N-dealkylation sites (tertiary alicyclic amines) is 1. The minimum atomic E-state index is -0.706. The van der Waals surface area contributed by atoms with Crippen LogP contribution in [-0.2, 0) is 11.4 Å². The number of hydrogen-bond donors (Lipinski definition) is 1. The largest absolute Gasteiger partial charge is 0.489 e. The molecular formula is C26H26BrNO3. The molecule has 0 spiro atoms. The Labute approximate surface area is 191 Å². The number of piperidine rings is 1. The molecule has 1 heterocycles. The van der Waals surface area contributed by atoms with Crippen LogP contribution >= 0.6 is 15.9 Å². The van der Waals surface area contributed by atoms with E-state index < -0.39 is 5.97 Å². The molecule has 0 saturated carbocycles. The Morgan fingerprint density at radius 1 is 1.03 bits per heavy atom. The van der Waals surface area contributed by atoms with Gasteiger partial charge in [-0.1, -0.05) is 70.5 Å². The van der Waals surface area contributed by atoms with Crippen LogP contribution in [-0.4, -0.2) is 29.1 Å². The molecular weight excluding hydrogens is 454 g/mol. The lowest BCUT2D eigenvalue weighted by Gasteiger charge is -2.37. The van der Waals surface area contributed by atoms with Crippen molar-refractivity contribution in [3.05, 3.63) is 100 Å². The minimum Gasteiger partial charge on any atom is -0.489 e. The van der Waals surface area contributed by atoms with Gasteiger partial charge < -0.3 is 9.84 Å². The SMILES string of the molecule is O=C(O)C1CCCN(C(c2ccc(OCc3ccccc3)cc2)c2cccc(Br)c2)C1. The van der Waals surface area contributed by atoms with Crippen LogP contribution < -0.4 is 4.74 Å². The maximum atomic E-state index is 11.6. The van der Waals surface area contributed by atoms with Gasteiger partial charge in [-0.05, 0) is 60.3 Å². The molecule has 1 saturated heterocycles. The third kappa shape index (κ3) is 5.54. The number of aliphatic carboxylic acids is 1. The van der Waals surface area contributed by atoms with E-state index in [1.165, 1.54) is 0 Å². The molecule has 4 rings (SSSR count). The molecule has 160 valence electrons. The van der Waals surface area contributed by atoms with Crippen molar-refractivity contribution in [2.45, 2.75) is 25.5 Å². The van der Waals surface area contributed by atoms with Crippen LogP contribution in [0.2, 0.25) is 0 Å². The van der Waals surface area contributed by atoms with Crippen molar-refractivity contribution in [3.63, 3.8) is 0 Å². The van der Waals surface area contributed by atoms with Crippen LogP contribution in [0, 0.1) is 5.92 Å². The van der Waals surface area contributed by atoms with Crippen molar-refractivity contribution in [2.75, 3.05) is 13.1 Å². The summed E-state index contributed by atoms with van der Waals surface area (Å²) in [6, 6.07) is 26.6. The smallest absolute Gasteiger partial charge is 0.307 e. The van der Waals surface area contributed by atoms with Gasteiger partial charge in [0.1, 0.15) is 12.4 Å². The van der Waals surface area contributed by atoms with E-state index in [1.54, 1.807) is 0 Å². The maximum absolute atomic E-state index is 11.6. The highest BCUT2D eigenvalue weighted by Crippen LogP contribution is 2.34. The predicted molar refractivity (Wildman–Crippen MR) is 125 cm³/mol. The van der Waals surface area contributed by atoms with Crippen molar-refractivity contribution in [1.29, 1.82) is 0 Å². The van der Waals surface area contributed by atoms with Gasteiger partial charge in [-0.15, -0.1) is 0 Å². The van der Waals surface area contributed by atoms with E-state index >= 15 is 0 Å². The zero-order valence-corrected chi connectivity index (χ0v) is 18.9. The van der Waals surface area contributed by atoms with Crippen molar-refractivity contribution in [2.24, 2.45) is 5.92 Å². The second kappa shape index (κ2) is 10.1. The summed E-state index contributed by atoms with van der Waals surface area (Å²) in [7, 11) is 0. The molecule has 2 atom stereocenters. The summed E-state index contributed by atoms with van der Waals surface area (Å²) in [5, 5.41) is 9.56. The topological polar surface area (TPSA) is 49.8 Å². The van der Waals surface area contributed by atoms with E-state index in [-0.39, 0.29) is 12.0 Å². The number of carbonyl (C=O) groups is 1. The zero-order chi connectivity index (χ0) is 21.6. The van der Waals surface area contributed by atoms with Crippen molar-refractivity contribution in [3.8, 4) is 5.75 Å². The fourth-order valence-corrected chi connectivity index (χ4v) is 4.64. The molecule has 0 bridgehead atoms.